The average molecular weight is 385 g/mol. The Balaban J connectivity index is 1.48. The van der Waals surface area contributed by atoms with Gasteiger partial charge < -0.3 is 14.6 Å². The van der Waals surface area contributed by atoms with Crippen LogP contribution in [0.4, 0.5) is 0 Å². The lowest BCUT2D eigenvalue weighted by Gasteiger charge is -2.12. The van der Waals surface area contributed by atoms with E-state index in [1.54, 1.807) is 12.1 Å². The smallest absolute Gasteiger partial charge is 0.251 e. The van der Waals surface area contributed by atoms with Crippen LogP contribution in [-0.4, -0.2) is 22.1 Å². The number of ether oxygens (including phenoxy) is 1. The zero-order valence-corrected chi connectivity index (χ0v) is 16.3. The minimum atomic E-state index is -0.111. The van der Waals surface area contributed by atoms with Crippen molar-refractivity contribution in [2.75, 3.05) is 6.61 Å². The molecule has 146 valence electrons. The van der Waals surface area contributed by atoms with Gasteiger partial charge in [-0.05, 0) is 43.3 Å². The van der Waals surface area contributed by atoms with Gasteiger partial charge in [-0.3, -0.25) is 4.79 Å². The molecule has 0 radical (unpaired) electrons. The van der Waals surface area contributed by atoms with E-state index >= 15 is 0 Å². The van der Waals surface area contributed by atoms with Gasteiger partial charge >= 0.3 is 0 Å². The number of amides is 1. The Bertz CT molecular complexity index is 1100. The maximum Gasteiger partial charge on any atom is 0.251 e. The molecule has 4 rings (SSSR count). The first-order chi connectivity index (χ1) is 14.2. The fourth-order valence-electron chi connectivity index (χ4n) is 3.25. The average Bonchev–Trinajstić information content (AvgIpc) is 3.11. The number of carbonyl (C=O) groups excluding carboxylic acids is 1. The highest BCUT2D eigenvalue weighted by Crippen LogP contribution is 2.17. The first-order valence-corrected chi connectivity index (χ1v) is 9.67. The summed E-state index contributed by atoms with van der Waals surface area (Å²) >= 11 is 0. The molecule has 0 aliphatic rings. The Labute approximate surface area is 170 Å². The highest BCUT2D eigenvalue weighted by atomic mass is 16.5. The fourth-order valence-corrected chi connectivity index (χ4v) is 3.25. The van der Waals surface area contributed by atoms with Crippen molar-refractivity contribution in [3.8, 4) is 5.75 Å². The number of aryl methyl sites for hydroxylation is 1. The van der Waals surface area contributed by atoms with E-state index in [9.17, 15) is 4.79 Å². The molecule has 1 N–H and O–H groups in total. The van der Waals surface area contributed by atoms with Crippen molar-refractivity contribution in [2.45, 2.75) is 20.0 Å². The number of fused-ring (bicyclic) bond motifs is 1. The van der Waals surface area contributed by atoms with Crippen LogP contribution in [0, 0.1) is 6.92 Å². The molecular weight excluding hydrogens is 362 g/mol. The van der Waals surface area contributed by atoms with Gasteiger partial charge in [0.2, 0.25) is 0 Å². The van der Waals surface area contributed by atoms with Gasteiger partial charge in [0.1, 0.15) is 18.2 Å². The predicted molar refractivity (Wildman–Crippen MR) is 114 cm³/mol. The summed E-state index contributed by atoms with van der Waals surface area (Å²) in [6.07, 6.45) is 0. The molecule has 0 aliphatic carbocycles. The Morgan fingerprint density at radius 2 is 1.69 bits per heavy atom. The highest BCUT2D eigenvalue weighted by molar-refractivity contribution is 5.94. The molecule has 0 fully saturated rings. The predicted octanol–water partition coefficient (Wildman–Crippen LogP) is 4.35. The second-order valence-corrected chi connectivity index (χ2v) is 6.88. The quantitative estimate of drug-likeness (QED) is 0.514. The third kappa shape index (κ3) is 4.46. The number of hydrogen-bond acceptors (Lipinski definition) is 3. The lowest BCUT2D eigenvalue weighted by Crippen LogP contribution is -2.25. The maximum absolute atomic E-state index is 12.4. The van der Waals surface area contributed by atoms with Gasteiger partial charge in [-0.15, -0.1) is 0 Å². The van der Waals surface area contributed by atoms with Crippen LogP contribution in [0.25, 0.3) is 11.0 Å². The Morgan fingerprint density at radius 3 is 2.48 bits per heavy atom. The van der Waals surface area contributed by atoms with Gasteiger partial charge in [0.05, 0.1) is 24.1 Å². The lowest BCUT2D eigenvalue weighted by molar-refractivity contribution is 0.0949. The van der Waals surface area contributed by atoms with E-state index < -0.39 is 0 Å². The maximum atomic E-state index is 12.4. The molecule has 0 aliphatic heterocycles. The molecule has 4 aromatic rings. The summed E-state index contributed by atoms with van der Waals surface area (Å²) in [7, 11) is 0. The van der Waals surface area contributed by atoms with E-state index in [0.717, 1.165) is 22.6 Å². The molecule has 5 nitrogen and oxygen atoms in total. The molecule has 0 unspecified atom stereocenters. The third-order valence-corrected chi connectivity index (χ3v) is 4.78. The van der Waals surface area contributed by atoms with E-state index in [0.29, 0.717) is 25.3 Å². The monoisotopic (exact) mass is 385 g/mol. The van der Waals surface area contributed by atoms with Gasteiger partial charge in [0.15, 0.2) is 0 Å². The van der Waals surface area contributed by atoms with Crippen LogP contribution in [0.5, 0.6) is 5.75 Å². The lowest BCUT2D eigenvalue weighted by atomic mass is 10.2. The SMILES string of the molecule is Cc1ccc(OCCn2c(CNC(=O)c3ccccc3)nc3ccccc32)cc1. The number of benzene rings is 3. The summed E-state index contributed by atoms with van der Waals surface area (Å²) in [5.74, 6) is 1.54. The van der Waals surface area contributed by atoms with Gasteiger partial charge in [0, 0.05) is 5.56 Å². The Morgan fingerprint density at radius 1 is 0.966 bits per heavy atom. The van der Waals surface area contributed by atoms with Crippen molar-refractivity contribution < 1.29 is 9.53 Å². The van der Waals surface area contributed by atoms with Crippen molar-refractivity contribution in [2.24, 2.45) is 0 Å². The van der Waals surface area contributed by atoms with Crippen LogP contribution in [0.1, 0.15) is 21.7 Å². The molecule has 1 aromatic heterocycles. The normalized spacial score (nSPS) is 10.8. The number of nitrogens with zero attached hydrogens (tertiary/aromatic N) is 2. The molecule has 5 heteroatoms. The van der Waals surface area contributed by atoms with E-state index in [2.05, 4.69) is 16.8 Å². The van der Waals surface area contributed by atoms with Crippen molar-refractivity contribution in [1.29, 1.82) is 0 Å². The fraction of sp³-hybridized carbons (Fsp3) is 0.167. The van der Waals surface area contributed by atoms with Crippen LogP contribution in [0.2, 0.25) is 0 Å². The van der Waals surface area contributed by atoms with Crippen LogP contribution in [0.3, 0.4) is 0 Å². The second kappa shape index (κ2) is 8.61. The van der Waals surface area contributed by atoms with Crippen molar-refractivity contribution in [1.82, 2.24) is 14.9 Å². The van der Waals surface area contributed by atoms with Gasteiger partial charge in [-0.1, -0.05) is 48.0 Å². The minimum absolute atomic E-state index is 0.111. The van der Waals surface area contributed by atoms with Gasteiger partial charge in [-0.25, -0.2) is 4.98 Å². The molecule has 29 heavy (non-hydrogen) atoms. The number of imidazole rings is 1. The minimum Gasteiger partial charge on any atom is -0.492 e. The third-order valence-electron chi connectivity index (χ3n) is 4.78. The summed E-state index contributed by atoms with van der Waals surface area (Å²) in [5, 5.41) is 2.97. The first-order valence-electron chi connectivity index (χ1n) is 9.67. The number of carbonyl (C=O) groups is 1. The molecular formula is C24H23N3O2. The summed E-state index contributed by atoms with van der Waals surface area (Å²) < 4.78 is 8.00. The zero-order chi connectivity index (χ0) is 20.1. The molecule has 0 saturated carbocycles. The van der Waals surface area contributed by atoms with Gasteiger partial charge in [0.25, 0.3) is 5.91 Å². The van der Waals surface area contributed by atoms with E-state index in [1.165, 1.54) is 5.56 Å². The largest absolute Gasteiger partial charge is 0.492 e. The number of rotatable bonds is 7. The number of nitrogens with one attached hydrogen (secondary N) is 1. The first kappa shape index (κ1) is 18.7. The Hall–Kier alpha value is -3.60. The zero-order valence-electron chi connectivity index (χ0n) is 16.3. The highest BCUT2D eigenvalue weighted by Gasteiger charge is 2.12. The molecule has 0 saturated heterocycles. The van der Waals surface area contributed by atoms with E-state index in [1.807, 2.05) is 66.7 Å². The standard InChI is InChI=1S/C24H23N3O2/c1-18-11-13-20(14-12-18)29-16-15-27-22-10-6-5-9-21(22)26-23(27)17-25-24(28)19-7-3-2-4-8-19/h2-14H,15-17H2,1H3,(H,25,28). The van der Waals surface area contributed by atoms with Crippen LogP contribution in [-0.2, 0) is 13.1 Å². The second-order valence-electron chi connectivity index (χ2n) is 6.88. The molecule has 3 aromatic carbocycles. The number of hydrogen-bond donors (Lipinski definition) is 1. The molecule has 0 bridgehead atoms. The topological polar surface area (TPSA) is 56.1 Å². The van der Waals surface area contributed by atoms with Crippen molar-refractivity contribution in [3.63, 3.8) is 0 Å². The van der Waals surface area contributed by atoms with Crippen molar-refractivity contribution in [3.05, 3.63) is 95.8 Å². The van der Waals surface area contributed by atoms with E-state index in [-0.39, 0.29) is 5.91 Å². The molecule has 0 spiro atoms. The van der Waals surface area contributed by atoms with Crippen LogP contribution in [0.15, 0.2) is 78.9 Å². The van der Waals surface area contributed by atoms with Crippen LogP contribution >= 0.6 is 0 Å². The van der Waals surface area contributed by atoms with Crippen LogP contribution < -0.4 is 10.1 Å². The van der Waals surface area contributed by atoms with E-state index in [4.69, 9.17) is 9.72 Å². The molecule has 1 heterocycles. The van der Waals surface area contributed by atoms with Gasteiger partial charge in [-0.2, -0.15) is 0 Å². The number of aromatic nitrogens is 2. The summed E-state index contributed by atoms with van der Waals surface area (Å²) in [6.45, 7) is 3.57. The summed E-state index contributed by atoms with van der Waals surface area (Å²) in [5.41, 5.74) is 3.78. The summed E-state index contributed by atoms with van der Waals surface area (Å²) in [6, 6.07) is 25.2. The number of para-hydroxylation sites is 2. The molecule has 0 atom stereocenters. The molecule has 1 amide bonds. The summed E-state index contributed by atoms with van der Waals surface area (Å²) in [4.78, 5) is 17.1. The van der Waals surface area contributed by atoms with Crippen molar-refractivity contribution >= 4 is 16.9 Å². The Kier molecular flexibility index (Phi) is 5.56.